The van der Waals surface area contributed by atoms with E-state index in [4.69, 9.17) is 14.1 Å². The maximum Gasteiger partial charge on any atom is 0.310 e. The predicted octanol–water partition coefficient (Wildman–Crippen LogP) is 4.88. The average Bonchev–Trinajstić information content (AvgIpc) is 3.26. The molecule has 3 aromatic rings. The van der Waals surface area contributed by atoms with E-state index in [1.165, 1.54) is 12.1 Å². The topological polar surface area (TPSA) is 94.2 Å². The van der Waals surface area contributed by atoms with E-state index in [9.17, 15) is 14.3 Å². The first-order chi connectivity index (χ1) is 15.0. The van der Waals surface area contributed by atoms with Crippen LogP contribution in [0, 0.1) is 5.82 Å². The highest BCUT2D eigenvalue weighted by Crippen LogP contribution is 2.23. The van der Waals surface area contributed by atoms with Gasteiger partial charge in [0, 0.05) is 11.6 Å². The lowest BCUT2D eigenvalue weighted by Gasteiger charge is -2.10. The molecule has 1 atom stereocenters. The fourth-order valence-electron chi connectivity index (χ4n) is 2.69. The summed E-state index contributed by atoms with van der Waals surface area (Å²) in [5.74, 6) is -1.06. The number of hydrogen-bond acceptors (Lipinski definition) is 6. The van der Waals surface area contributed by atoms with Crippen LogP contribution in [0.15, 0.2) is 64.3 Å². The minimum Gasteiger partial charge on any atom is -0.487 e. The number of nitrogens with zero attached hydrogens (tertiary/aromatic N) is 2. The van der Waals surface area contributed by atoms with Gasteiger partial charge >= 0.3 is 5.97 Å². The summed E-state index contributed by atoms with van der Waals surface area (Å²) in [7, 11) is 0. The minimum absolute atomic E-state index is 0.0205. The molecular formula is C23H23FN2O5. The fraction of sp³-hybridized carbons (Fsp3) is 0.261. The van der Waals surface area contributed by atoms with Crippen LogP contribution in [0.3, 0.4) is 0 Å². The zero-order chi connectivity index (χ0) is 22.2. The van der Waals surface area contributed by atoms with Gasteiger partial charge in [-0.05, 0) is 55.3 Å². The third-order valence-corrected chi connectivity index (χ3v) is 4.51. The van der Waals surface area contributed by atoms with Crippen molar-refractivity contribution in [1.29, 1.82) is 0 Å². The summed E-state index contributed by atoms with van der Waals surface area (Å²) in [6, 6.07) is 14.4. The molecule has 162 valence electrons. The van der Waals surface area contributed by atoms with Gasteiger partial charge in [0.1, 0.15) is 30.5 Å². The lowest BCUT2D eigenvalue weighted by atomic mass is 10.0. The van der Waals surface area contributed by atoms with Crippen molar-refractivity contribution in [2.24, 2.45) is 5.16 Å². The summed E-state index contributed by atoms with van der Waals surface area (Å²) in [5, 5.41) is 17.3. The molecule has 0 fully saturated rings. The first kappa shape index (κ1) is 22.0. The number of benzene rings is 2. The second kappa shape index (κ2) is 10.4. The molecule has 0 aliphatic rings. The number of hydrogen-bond donors (Lipinski definition) is 1. The smallest absolute Gasteiger partial charge is 0.310 e. The quantitative estimate of drug-likeness (QED) is 0.282. The van der Waals surface area contributed by atoms with Crippen LogP contribution in [0.4, 0.5) is 4.39 Å². The third kappa shape index (κ3) is 5.91. The summed E-state index contributed by atoms with van der Waals surface area (Å²) in [6.45, 7) is 4.01. The van der Waals surface area contributed by atoms with Gasteiger partial charge < -0.3 is 19.2 Å². The lowest BCUT2D eigenvalue weighted by Crippen LogP contribution is -2.14. The Hall–Kier alpha value is -3.68. The van der Waals surface area contributed by atoms with Gasteiger partial charge in [0.2, 0.25) is 0 Å². The molecule has 0 amide bonds. The van der Waals surface area contributed by atoms with Crippen LogP contribution in [-0.2, 0) is 9.63 Å². The molecule has 0 bridgehead atoms. The fourth-order valence-corrected chi connectivity index (χ4v) is 2.69. The normalized spacial score (nSPS) is 12.4. The van der Waals surface area contributed by atoms with E-state index >= 15 is 0 Å². The Morgan fingerprint density at radius 1 is 1.23 bits per heavy atom. The van der Waals surface area contributed by atoms with E-state index in [0.29, 0.717) is 40.6 Å². The molecule has 3 rings (SSSR count). The first-order valence-electron chi connectivity index (χ1n) is 9.85. The minimum atomic E-state index is -0.914. The maximum atomic E-state index is 13.2. The van der Waals surface area contributed by atoms with E-state index < -0.39 is 11.9 Å². The van der Waals surface area contributed by atoms with Crippen LogP contribution in [-0.4, -0.2) is 35.2 Å². The Morgan fingerprint density at radius 3 is 2.71 bits per heavy atom. The monoisotopic (exact) mass is 426 g/mol. The molecule has 0 aliphatic heterocycles. The molecule has 0 aliphatic carbocycles. The molecule has 31 heavy (non-hydrogen) atoms. The van der Waals surface area contributed by atoms with E-state index in [1.54, 1.807) is 49.4 Å². The van der Waals surface area contributed by atoms with E-state index in [0.717, 1.165) is 6.42 Å². The van der Waals surface area contributed by atoms with Crippen LogP contribution in [0.2, 0.25) is 0 Å². The van der Waals surface area contributed by atoms with Crippen LogP contribution in [0.5, 0.6) is 5.75 Å². The molecule has 1 aromatic heterocycles. The summed E-state index contributed by atoms with van der Waals surface area (Å²) >= 11 is 0. The van der Waals surface area contributed by atoms with E-state index in [-0.39, 0.29) is 12.4 Å². The number of oxime groups is 1. The largest absolute Gasteiger partial charge is 0.487 e. The molecule has 1 heterocycles. The van der Waals surface area contributed by atoms with Crippen molar-refractivity contribution in [3.05, 3.63) is 71.7 Å². The molecule has 0 radical (unpaired) electrons. The van der Waals surface area contributed by atoms with Gasteiger partial charge in [-0.1, -0.05) is 29.4 Å². The number of aromatic nitrogens is 1. The first-order valence-corrected chi connectivity index (χ1v) is 9.85. The number of carboxylic acid groups (broad SMARTS) is 1. The molecule has 0 spiro atoms. The molecule has 8 heteroatoms. The zero-order valence-electron chi connectivity index (χ0n) is 17.2. The zero-order valence-corrected chi connectivity index (χ0v) is 17.2. The van der Waals surface area contributed by atoms with E-state index in [1.807, 2.05) is 6.92 Å². The van der Waals surface area contributed by atoms with Crippen LogP contribution >= 0.6 is 0 Å². The van der Waals surface area contributed by atoms with E-state index in [2.05, 4.69) is 10.3 Å². The summed E-state index contributed by atoms with van der Waals surface area (Å²) in [5.41, 5.74) is 2.23. The van der Waals surface area contributed by atoms with Crippen LogP contribution in [0.25, 0.3) is 11.3 Å². The highest BCUT2D eigenvalue weighted by atomic mass is 19.1. The Morgan fingerprint density at radius 2 is 2.00 bits per heavy atom. The number of ether oxygens (including phenoxy) is 1. The van der Waals surface area contributed by atoms with Crippen LogP contribution < -0.4 is 4.74 Å². The molecule has 0 saturated carbocycles. The van der Waals surface area contributed by atoms with Gasteiger partial charge in [0.15, 0.2) is 11.5 Å². The molecule has 7 nitrogen and oxygen atoms in total. The lowest BCUT2D eigenvalue weighted by molar-refractivity contribution is -0.138. The number of rotatable bonds is 10. The predicted molar refractivity (Wildman–Crippen MR) is 113 cm³/mol. The number of halogens is 1. The van der Waals surface area contributed by atoms with Gasteiger partial charge in [-0.15, -0.1) is 0 Å². The van der Waals surface area contributed by atoms with Crippen molar-refractivity contribution in [3.63, 3.8) is 0 Å². The Bertz CT molecular complexity index is 1050. The van der Waals surface area contributed by atoms with Crippen molar-refractivity contribution >= 4 is 11.7 Å². The molecular weight excluding hydrogens is 403 g/mol. The Balaban J connectivity index is 1.78. The molecule has 2 aromatic carbocycles. The van der Waals surface area contributed by atoms with Crippen molar-refractivity contribution in [2.45, 2.75) is 26.2 Å². The third-order valence-electron chi connectivity index (χ3n) is 4.51. The van der Waals surface area contributed by atoms with Gasteiger partial charge in [-0.3, -0.25) is 4.79 Å². The SMILES string of the molecule is CCCON=C(COc1cccc(C(C)C(=O)O)c1)c1cc(-c2ccc(F)cc2)no1. The highest BCUT2D eigenvalue weighted by Gasteiger charge is 2.17. The number of aliphatic carboxylic acids is 1. The molecule has 1 N–H and O–H groups in total. The molecule has 1 unspecified atom stereocenters. The summed E-state index contributed by atoms with van der Waals surface area (Å²) < 4.78 is 24.4. The highest BCUT2D eigenvalue weighted by molar-refractivity contribution is 5.99. The van der Waals surface area contributed by atoms with Gasteiger partial charge in [-0.2, -0.15) is 0 Å². The second-order valence-electron chi connectivity index (χ2n) is 6.88. The van der Waals surface area contributed by atoms with Gasteiger partial charge in [0.05, 0.1) is 5.92 Å². The van der Waals surface area contributed by atoms with Crippen LogP contribution in [0.1, 0.15) is 37.5 Å². The number of carboxylic acids is 1. The van der Waals surface area contributed by atoms with Crippen molar-refractivity contribution in [3.8, 4) is 17.0 Å². The summed E-state index contributed by atoms with van der Waals surface area (Å²) in [6.07, 6.45) is 0.782. The Kier molecular flexibility index (Phi) is 7.37. The van der Waals surface area contributed by atoms with Crippen molar-refractivity contribution < 1.29 is 28.4 Å². The second-order valence-corrected chi connectivity index (χ2v) is 6.88. The van der Waals surface area contributed by atoms with Gasteiger partial charge in [0.25, 0.3) is 0 Å². The van der Waals surface area contributed by atoms with Crippen molar-refractivity contribution in [2.75, 3.05) is 13.2 Å². The molecule has 0 saturated heterocycles. The Labute approximate surface area is 179 Å². The summed E-state index contributed by atoms with van der Waals surface area (Å²) in [4.78, 5) is 16.5. The number of carbonyl (C=O) groups is 1. The average molecular weight is 426 g/mol. The van der Waals surface area contributed by atoms with Crippen molar-refractivity contribution in [1.82, 2.24) is 5.16 Å². The van der Waals surface area contributed by atoms with Gasteiger partial charge in [-0.25, -0.2) is 4.39 Å². The standard InChI is InChI=1S/C23H23FN2O5/c1-3-11-30-25-21(14-29-19-6-4-5-17(12-19)15(2)23(27)28)22-13-20(26-31-22)16-7-9-18(24)10-8-16/h4-10,12-13,15H,3,11,14H2,1-2H3,(H,27,28). The maximum absolute atomic E-state index is 13.2.